The van der Waals surface area contributed by atoms with Gasteiger partial charge >= 0.3 is 0 Å². The van der Waals surface area contributed by atoms with Crippen LogP contribution in [0.5, 0.6) is 11.5 Å². The predicted octanol–water partition coefficient (Wildman–Crippen LogP) is 6.09. The van der Waals surface area contributed by atoms with Crippen molar-refractivity contribution in [2.45, 2.75) is 6.54 Å². The average Bonchev–Trinajstić information content (AvgIpc) is 3.38. The van der Waals surface area contributed by atoms with E-state index in [-0.39, 0.29) is 17.3 Å². The Morgan fingerprint density at radius 3 is 2.54 bits per heavy atom. The molecule has 0 bridgehead atoms. The van der Waals surface area contributed by atoms with Crippen molar-refractivity contribution < 1.29 is 18.8 Å². The summed E-state index contributed by atoms with van der Waals surface area (Å²) in [5.74, 6) is 0.883. The molecule has 0 aliphatic carbocycles. The minimum atomic E-state index is -0.573. The first-order valence-electron chi connectivity index (χ1n) is 11.6. The van der Waals surface area contributed by atoms with Gasteiger partial charge in [-0.25, -0.2) is 14.4 Å². The molecule has 0 amide bonds. The second-order valence-corrected chi connectivity index (χ2v) is 9.02. The molecule has 2 aromatic heterocycles. The van der Waals surface area contributed by atoms with E-state index in [9.17, 15) is 14.5 Å². The van der Waals surface area contributed by atoms with Gasteiger partial charge in [-0.1, -0.05) is 17.7 Å². The number of methoxy groups -OCH3 is 2. The van der Waals surface area contributed by atoms with Crippen molar-refractivity contribution in [2.75, 3.05) is 19.1 Å². The topological polar surface area (TPSA) is 108 Å². The molecule has 5 aromatic rings. The average molecular weight is 549 g/mol. The molecule has 0 spiro atoms. The van der Waals surface area contributed by atoms with Crippen molar-refractivity contribution in [1.29, 1.82) is 0 Å². The van der Waals surface area contributed by atoms with Gasteiger partial charge in [0.15, 0.2) is 11.5 Å². The lowest BCUT2D eigenvalue weighted by Gasteiger charge is -2.26. The van der Waals surface area contributed by atoms with Crippen LogP contribution < -0.4 is 14.4 Å². The second kappa shape index (κ2) is 10.5. The maximum atomic E-state index is 14.1. The molecular formula is C27H22ClFN6O4. The van der Waals surface area contributed by atoms with Crippen molar-refractivity contribution in [3.63, 3.8) is 0 Å². The quantitative estimate of drug-likeness (QED) is 0.169. The van der Waals surface area contributed by atoms with Crippen molar-refractivity contribution >= 4 is 39.7 Å². The summed E-state index contributed by atoms with van der Waals surface area (Å²) in [6, 6.07) is 12.8. The number of hydrogen-bond donors (Lipinski definition) is 0. The fraction of sp³-hybridized carbons (Fsp3) is 0.148. The van der Waals surface area contributed by atoms with Gasteiger partial charge in [-0.15, -0.1) is 0 Å². The first-order chi connectivity index (χ1) is 18.8. The maximum absolute atomic E-state index is 14.1. The number of aryl methyl sites for hydroxylation is 1. The van der Waals surface area contributed by atoms with E-state index in [4.69, 9.17) is 21.1 Å². The molecule has 2 heterocycles. The Labute approximate surface area is 227 Å². The van der Waals surface area contributed by atoms with Crippen LogP contribution in [0.25, 0.3) is 22.0 Å². The Morgan fingerprint density at radius 2 is 1.87 bits per heavy atom. The highest BCUT2D eigenvalue weighted by Crippen LogP contribution is 2.39. The van der Waals surface area contributed by atoms with Crippen molar-refractivity contribution in [1.82, 2.24) is 19.7 Å². The highest BCUT2D eigenvalue weighted by Gasteiger charge is 2.23. The van der Waals surface area contributed by atoms with Gasteiger partial charge in [0, 0.05) is 37.1 Å². The molecule has 0 fully saturated rings. The van der Waals surface area contributed by atoms with Gasteiger partial charge in [-0.05, 0) is 42.0 Å². The maximum Gasteiger partial charge on any atom is 0.278 e. The van der Waals surface area contributed by atoms with E-state index in [1.165, 1.54) is 31.6 Å². The Hall–Kier alpha value is -4.77. The summed E-state index contributed by atoms with van der Waals surface area (Å²) in [6.45, 7) is 0.243. The fourth-order valence-corrected chi connectivity index (χ4v) is 4.51. The van der Waals surface area contributed by atoms with E-state index >= 15 is 0 Å². The molecular weight excluding hydrogens is 527 g/mol. The van der Waals surface area contributed by atoms with E-state index < -0.39 is 10.7 Å². The van der Waals surface area contributed by atoms with Crippen molar-refractivity contribution in [2.24, 2.45) is 7.05 Å². The van der Waals surface area contributed by atoms with Crippen LogP contribution in [-0.2, 0) is 13.6 Å². The standard InChI is InChI=1S/C27H22ClFN6O4/c1-33-14-17(12-32-33)19-10-23-20(11-24(19)35(36)37)27(31-15-30-23)34(18-5-6-22(29)21(28)9-18)13-16-4-7-25(38-2)26(8-16)39-3/h4-12,14-15H,13H2,1-3H3. The Balaban J connectivity index is 1.71. The largest absolute Gasteiger partial charge is 0.493 e. The number of halogens is 2. The summed E-state index contributed by atoms with van der Waals surface area (Å²) in [5, 5.41) is 16.6. The SMILES string of the molecule is COc1ccc(CN(c2ccc(F)c(Cl)c2)c2ncnc3cc(-c4cnn(C)c4)c([N+](=O)[O-])cc23)cc1OC. The zero-order valence-electron chi connectivity index (χ0n) is 21.1. The number of fused-ring (bicyclic) bond motifs is 1. The van der Waals surface area contributed by atoms with Crippen LogP contribution in [0.4, 0.5) is 21.6 Å². The molecule has 0 radical (unpaired) electrons. The number of rotatable bonds is 8. The van der Waals surface area contributed by atoms with Gasteiger partial charge in [-0.2, -0.15) is 5.10 Å². The van der Waals surface area contributed by atoms with Crippen molar-refractivity contribution in [3.05, 3.63) is 93.8 Å². The number of nitrogens with zero attached hydrogens (tertiary/aromatic N) is 6. The molecule has 39 heavy (non-hydrogen) atoms. The van der Waals surface area contributed by atoms with Gasteiger partial charge < -0.3 is 14.4 Å². The molecule has 0 atom stereocenters. The van der Waals surface area contributed by atoms with Crippen LogP contribution in [0.1, 0.15) is 5.56 Å². The first-order valence-corrected chi connectivity index (χ1v) is 12.0. The minimum absolute atomic E-state index is 0.0759. The van der Waals surface area contributed by atoms with Crippen LogP contribution in [0, 0.1) is 15.9 Å². The molecule has 0 aliphatic heterocycles. The lowest BCUT2D eigenvalue weighted by atomic mass is 10.0. The summed E-state index contributed by atoms with van der Waals surface area (Å²) in [7, 11) is 4.82. The second-order valence-electron chi connectivity index (χ2n) is 8.62. The van der Waals surface area contributed by atoms with Gasteiger partial charge in [0.1, 0.15) is 18.0 Å². The molecule has 0 unspecified atom stereocenters. The van der Waals surface area contributed by atoms with Gasteiger partial charge in [0.2, 0.25) is 0 Å². The summed E-state index contributed by atoms with van der Waals surface area (Å²) < 4.78 is 26.5. The van der Waals surface area contributed by atoms with Gasteiger partial charge in [0.25, 0.3) is 5.69 Å². The minimum Gasteiger partial charge on any atom is -0.493 e. The smallest absolute Gasteiger partial charge is 0.278 e. The van der Waals surface area contributed by atoms with E-state index in [0.717, 1.165) is 5.56 Å². The third-order valence-electron chi connectivity index (χ3n) is 6.20. The number of aromatic nitrogens is 4. The van der Waals surface area contributed by atoms with E-state index in [1.807, 2.05) is 12.1 Å². The van der Waals surface area contributed by atoms with Crippen LogP contribution >= 0.6 is 11.6 Å². The Morgan fingerprint density at radius 1 is 1.08 bits per heavy atom. The number of benzene rings is 3. The van der Waals surface area contributed by atoms with E-state index in [0.29, 0.717) is 45.0 Å². The molecule has 0 saturated carbocycles. The normalized spacial score (nSPS) is 11.0. The molecule has 12 heteroatoms. The van der Waals surface area contributed by atoms with Crippen molar-refractivity contribution in [3.8, 4) is 22.6 Å². The molecule has 5 rings (SSSR count). The first kappa shape index (κ1) is 25.9. The number of ether oxygens (including phenoxy) is 2. The Kier molecular flexibility index (Phi) is 6.99. The van der Waals surface area contributed by atoms with Crippen LogP contribution in [0.3, 0.4) is 0 Å². The third-order valence-corrected chi connectivity index (χ3v) is 6.49. The molecule has 0 saturated heterocycles. The zero-order chi connectivity index (χ0) is 27.7. The monoisotopic (exact) mass is 548 g/mol. The molecule has 0 aliphatic rings. The van der Waals surface area contributed by atoms with Crippen LogP contribution in [0.15, 0.2) is 67.3 Å². The van der Waals surface area contributed by atoms with Crippen LogP contribution in [-0.4, -0.2) is 38.9 Å². The van der Waals surface area contributed by atoms with Crippen LogP contribution in [0.2, 0.25) is 5.02 Å². The number of nitro benzene ring substituents is 1. The summed E-state index contributed by atoms with van der Waals surface area (Å²) in [4.78, 5) is 22.4. The fourth-order valence-electron chi connectivity index (χ4n) is 4.34. The van der Waals surface area contributed by atoms with E-state index in [1.54, 1.807) is 54.3 Å². The lowest BCUT2D eigenvalue weighted by molar-refractivity contribution is -0.384. The molecule has 3 aromatic carbocycles. The zero-order valence-corrected chi connectivity index (χ0v) is 21.9. The summed E-state index contributed by atoms with van der Waals surface area (Å²) in [6.07, 6.45) is 4.63. The van der Waals surface area contributed by atoms with Gasteiger partial charge in [-0.3, -0.25) is 14.8 Å². The van der Waals surface area contributed by atoms with Gasteiger partial charge in [0.05, 0.1) is 46.8 Å². The van der Waals surface area contributed by atoms with E-state index in [2.05, 4.69) is 15.1 Å². The summed E-state index contributed by atoms with van der Waals surface area (Å²) in [5.41, 5.74) is 2.64. The number of hydrogen-bond acceptors (Lipinski definition) is 8. The number of nitro groups is 1. The molecule has 0 N–H and O–H groups in total. The predicted molar refractivity (Wildman–Crippen MR) is 145 cm³/mol. The third kappa shape index (κ3) is 5.04. The molecule has 198 valence electrons. The molecule has 10 nitrogen and oxygen atoms in total. The summed E-state index contributed by atoms with van der Waals surface area (Å²) >= 11 is 6.14. The highest BCUT2D eigenvalue weighted by atomic mass is 35.5. The highest BCUT2D eigenvalue weighted by molar-refractivity contribution is 6.31. The number of anilines is 2. The Bertz CT molecular complexity index is 1710. The lowest BCUT2D eigenvalue weighted by Crippen LogP contribution is -2.18.